The third-order valence-corrected chi connectivity index (χ3v) is 2.68. The molecule has 7 heteroatoms. The molecule has 2 rings (SSSR count). The van der Waals surface area contributed by atoms with Crippen molar-refractivity contribution < 1.29 is 4.74 Å². The Morgan fingerprint density at radius 3 is 2.78 bits per heavy atom. The van der Waals surface area contributed by atoms with E-state index in [0.717, 1.165) is 11.0 Å². The Kier molecular flexibility index (Phi) is 3.61. The Balaban J connectivity index is 2.58. The van der Waals surface area contributed by atoms with Crippen molar-refractivity contribution in [3.05, 3.63) is 27.2 Å². The van der Waals surface area contributed by atoms with Crippen molar-refractivity contribution in [1.29, 1.82) is 0 Å². The van der Waals surface area contributed by atoms with E-state index >= 15 is 0 Å². The number of nitrogens with one attached hydrogen (secondary N) is 1. The van der Waals surface area contributed by atoms with Crippen molar-refractivity contribution in [1.82, 2.24) is 19.1 Å². The molecule has 0 bridgehead atoms. The average molecular weight is 252 g/mol. The Bertz CT molecular complexity index is 652. The molecule has 0 radical (unpaired) electrons. The van der Waals surface area contributed by atoms with Gasteiger partial charge in [0.25, 0.3) is 5.56 Å². The number of aryl methyl sites for hydroxylation is 1. The van der Waals surface area contributed by atoms with E-state index in [-0.39, 0.29) is 6.73 Å². The summed E-state index contributed by atoms with van der Waals surface area (Å²) in [5, 5.41) is 0. The molecule has 18 heavy (non-hydrogen) atoms. The molecule has 7 nitrogen and oxygen atoms in total. The normalized spacial score (nSPS) is 11.2. The van der Waals surface area contributed by atoms with Crippen LogP contribution >= 0.6 is 0 Å². The summed E-state index contributed by atoms with van der Waals surface area (Å²) in [6, 6.07) is 0. The largest absolute Gasteiger partial charge is 0.360 e. The number of ether oxygens (including phenoxy) is 1. The van der Waals surface area contributed by atoms with Gasteiger partial charge in [0, 0.05) is 13.2 Å². The van der Waals surface area contributed by atoms with Gasteiger partial charge in [0.05, 0.1) is 6.33 Å². The van der Waals surface area contributed by atoms with Gasteiger partial charge in [0.1, 0.15) is 12.2 Å². The molecule has 98 valence electrons. The van der Waals surface area contributed by atoms with Gasteiger partial charge in [0.15, 0.2) is 5.65 Å². The number of H-pyrrole nitrogens is 1. The fourth-order valence-electron chi connectivity index (χ4n) is 1.81. The van der Waals surface area contributed by atoms with Crippen LogP contribution in [0.3, 0.4) is 0 Å². The first kappa shape index (κ1) is 12.6. The van der Waals surface area contributed by atoms with Crippen LogP contribution in [0.1, 0.15) is 20.3 Å². The molecule has 2 aromatic rings. The molecule has 0 aliphatic rings. The Labute approximate surface area is 103 Å². The Morgan fingerprint density at radius 1 is 1.33 bits per heavy atom. The molecule has 0 saturated carbocycles. The number of hydrogen-bond donors (Lipinski definition) is 1. The molecule has 2 aromatic heterocycles. The van der Waals surface area contributed by atoms with Gasteiger partial charge in [-0.1, -0.05) is 6.92 Å². The van der Waals surface area contributed by atoms with Crippen molar-refractivity contribution in [2.75, 3.05) is 6.61 Å². The highest BCUT2D eigenvalue weighted by atomic mass is 16.5. The van der Waals surface area contributed by atoms with Crippen LogP contribution < -0.4 is 11.2 Å². The molecule has 0 amide bonds. The maximum Gasteiger partial charge on any atom is 0.334 e. The maximum atomic E-state index is 12.1. The number of hydrogen-bond acceptors (Lipinski definition) is 4. The van der Waals surface area contributed by atoms with Gasteiger partial charge in [0.2, 0.25) is 0 Å². The average Bonchev–Trinajstić information content (AvgIpc) is 2.83. The summed E-state index contributed by atoms with van der Waals surface area (Å²) in [6.07, 6.45) is 2.25. The van der Waals surface area contributed by atoms with E-state index in [1.54, 1.807) is 0 Å². The number of nitrogens with zero attached hydrogens (tertiary/aromatic N) is 3. The highest BCUT2D eigenvalue weighted by Gasteiger charge is 2.13. The van der Waals surface area contributed by atoms with Crippen molar-refractivity contribution in [2.45, 2.75) is 33.5 Å². The van der Waals surface area contributed by atoms with Gasteiger partial charge in [-0.25, -0.2) is 14.3 Å². The number of imidazole rings is 1. The smallest absolute Gasteiger partial charge is 0.334 e. The van der Waals surface area contributed by atoms with Crippen molar-refractivity contribution in [2.24, 2.45) is 0 Å². The van der Waals surface area contributed by atoms with Crippen LogP contribution in [0.15, 0.2) is 15.9 Å². The van der Waals surface area contributed by atoms with Gasteiger partial charge in [-0.2, -0.15) is 0 Å². The molecule has 0 atom stereocenters. The maximum absolute atomic E-state index is 12.1. The topological polar surface area (TPSA) is 81.9 Å². The lowest BCUT2D eigenvalue weighted by Crippen LogP contribution is -2.40. The van der Waals surface area contributed by atoms with E-state index in [1.807, 2.05) is 13.8 Å². The summed E-state index contributed by atoms with van der Waals surface area (Å²) in [6.45, 7) is 4.73. The minimum absolute atomic E-state index is 0.0273. The second-order valence-electron chi connectivity index (χ2n) is 3.90. The van der Waals surface area contributed by atoms with Crippen LogP contribution in [0.2, 0.25) is 0 Å². The first-order valence-electron chi connectivity index (χ1n) is 5.95. The highest BCUT2D eigenvalue weighted by molar-refractivity contribution is 5.68. The summed E-state index contributed by atoms with van der Waals surface area (Å²) < 4.78 is 7.80. The van der Waals surface area contributed by atoms with E-state index in [2.05, 4.69) is 9.97 Å². The zero-order valence-corrected chi connectivity index (χ0v) is 10.5. The summed E-state index contributed by atoms with van der Waals surface area (Å²) in [5.74, 6) is 0. The first-order valence-corrected chi connectivity index (χ1v) is 5.95. The minimum Gasteiger partial charge on any atom is -0.360 e. The standard InChI is InChI=1S/C11H16N4O3/c1-3-5-18-7-15-10(16)8-9(13-6-12-8)14(4-2)11(15)17/h6H,3-5,7H2,1-2H3,(H,12,13). The molecule has 0 aromatic carbocycles. The van der Waals surface area contributed by atoms with Crippen LogP contribution in [0.25, 0.3) is 11.2 Å². The number of rotatable bonds is 5. The summed E-state index contributed by atoms with van der Waals surface area (Å²) >= 11 is 0. The lowest BCUT2D eigenvalue weighted by atomic mass is 10.5. The van der Waals surface area contributed by atoms with Gasteiger partial charge in [-0.3, -0.25) is 9.36 Å². The third-order valence-electron chi connectivity index (χ3n) is 2.68. The van der Waals surface area contributed by atoms with Gasteiger partial charge in [-0.05, 0) is 13.3 Å². The van der Waals surface area contributed by atoms with E-state index in [4.69, 9.17) is 4.74 Å². The third kappa shape index (κ3) is 1.97. The molecule has 0 aliphatic carbocycles. The quantitative estimate of drug-likeness (QED) is 0.775. The van der Waals surface area contributed by atoms with Crippen LogP contribution in [-0.2, 0) is 18.0 Å². The SMILES string of the molecule is CCCOCn1c(=O)c2[nH]cnc2n(CC)c1=O. The number of aromatic amines is 1. The molecular weight excluding hydrogens is 236 g/mol. The number of fused-ring (bicyclic) bond motifs is 1. The minimum atomic E-state index is -0.395. The summed E-state index contributed by atoms with van der Waals surface area (Å²) in [5.41, 5.74) is -0.0673. The van der Waals surface area contributed by atoms with E-state index in [1.165, 1.54) is 10.9 Å². The van der Waals surface area contributed by atoms with Gasteiger partial charge < -0.3 is 9.72 Å². The first-order chi connectivity index (χ1) is 8.70. The van der Waals surface area contributed by atoms with Crippen molar-refractivity contribution in [3.8, 4) is 0 Å². The second kappa shape index (κ2) is 5.18. The van der Waals surface area contributed by atoms with Gasteiger partial charge in [-0.15, -0.1) is 0 Å². The van der Waals surface area contributed by atoms with E-state index in [9.17, 15) is 9.59 Å². The second-order valence-corrected chi connectivity index (χ2v) is 3.90. The number of aromatic nitrogens is 4. The highest BCUT2D eigenvalue weighted by Crippen LogP contribution is 2.00. The predicted molar refractivity (Wildman–Crippen MR) is 66.5 cm³/mol. The fourth-order valence-corrected chi connectivity index (χ4v) is 1.81. The van der Waals surface area contributed by atoms with E-state index in [0.29, 0.717) is 24.3 Å². The summed E-state index contributed by atoms with van der Waals surface area (Å²) in [4.78, 5) is 31.0. The monoisotopic (exact) mass is 252 g/mol. The molecule has 1 N–H and O–H groups in total. The summed E-state index contributed by atoms with van der Waals surface area (Å²) in [7, 11) is 0. The molecule has 0 saturated heterocycles. The zero-order valence-electron chi connectivity index (χ0n) is 10.5. The Morgan fingerprint density at radius 2 is 2.11 bits per heavy atom. The van der Waals surface area contributed by atoms with Crippen LogP contribution in [0, 0.1) is 0 Å². The lowest BCUT2D eigenvalue weighted by Gasteiger charge is -2.09. The molecule has 2 heterocycles. The predicted octanol–water partition coefficient (Wildman–Crippen LogP) is 0.290. The molecule has 0 unspecified atom stereocenters. The fraction of sp³-hybridized carbons (Fsp3) is 0.545. The van der Waals surface area contributed by atoms with Gasteiger partial charge >= 0.3 is 5.69 Å². The zero-order chi connectivity index (χ0) is 13.1. The molecule has 0 fully saturated rings. The molecule has 0 aliphatic heterocycles. The van der Waals surface area contributed by atoms with Crippen molar-refractivity contribution >= 4 is 11.2 Å². The van der Waals surface area contributed by atoms with E-state index < -0.39 is 11.2 Å². The molecule has 0 spiro atoms. The van der Waals surface area contributed by atoms with Crippen LogP contribution in [0.4, 0.5) is 0 Å². The Hall–Kier alpha value is -1.89. The van der Waals surface area contributed by atoms with Crippen LogP contribution in [-0.4, -0.2) is 25.7 Å². The van der Waals surface area contributed by atoms with Crippen LogP contribution in [0.5, 0.6) is 0 Å². The molecular formula is C11H16N4O3. The van der Waals surface area contributed by atoms with Crippen molar-refractivity contribution in [3.63, 3.8) is 0 Å². The lowest BCUT2D eigenvalue weighted by molar-refractivity contribution is 0.0716.